The van der Waals surface area contributed by atoms with Crippen molar-refractivity contribution in [1.29, 1.82) is 0 Å². The molecular formula is C40H31N. The normalized spacial score (nSPS) is 15.4. The molecule has 0 atom stereocenters. The first-order valence-electron chi connectivity index (χ1n) is 14.6. The van der Waals surface area contributed by atoms with E-state index in [1.165, 1.54) is 71.6 Å². The average Bonchev–Trinajstić information content (AvgIpc) is 3.26. The fourth-order valence-electron chi connectivity index (χ4n) is 7.29. The van der Waals surface area contributed by atoms with Gasteiger partial charge in [-0.1, -0.05) is 111 Å². The van der Waals surface area contributed by atoms with Crippen molar-refractivity contribution in [2.24, 2.45) is 0 Å². The molecule has 0 aliphatic heterocycles. The summed E-state index contributed by atoms with van der Waals surface area (Å²) in [7, 11) is 0. The van der Waals surface area contributed by atoms with Gasteiger partial charge in [0.25, 0.3) is 0 Å². The molecule has 8 rings (SSSR count). The highest BCUT2D eigenvalue weighted by atomic mass is 14.6. The lowest BCUT2D eigenvalue weighted by molar-refractivity contribution is 0.651. The summed E-state index contributed by atoms with van der Waals surface area (Å²) in [5, 5.41) is 5.07. The van der Waals surface area contributed by atoms with Crippen molar-refractivity contribution in [1.82, 2.24) is 4.98 Å². The van der Waals surface area contributed by atoms with Crippen molar-refractivity contribution >= 4 is 27.1 Å². The summed E-state index contributed by atoms with van der Waals surface area (Å²) in [6, 6.07) is 38.1. The van der Waals surface area contributed by atoms with Gasteiger partial charge in [-0.15, -0.1) is 0 Å². The molecule has 1 heterocycles. The Balaban J connectivity index is 1.48. The molecule has 0 fully saturated rings. The SMILES string of the molecule is CC1(C)C2=C(CCC=C2)c2cc(-c3c4ccccc4c(-c4cccnc4)c4ccc(-c5ccccc5)cc34)ccc21. The first-order chi connectivity index (χ1) is 20.1. The molecule has 0 bridgehead atoms. The Labute approximate surface area is 241 Å². The Morgan fingerprint density at radius 3 is 2.10 bits per heavy atom. The third-order valence-electron chi connectivity index (χ3n) is 9.23. The molecule has 1 nitrogen and oxygen atoms in total. The van der Waals surface area contributed by atoms with Crippen LogP contribution in [0.4, 0.5) is 0 Å². The monoisotopic (exact) mass is 525 g/mol. The smallest absolute Gasteiger partial charge is 0.0346 e. The van der Waals surface area contributed by atoms with E-state index in [0.29, 0.717) is 0 Å². The Bertz CT molecular complexity index is 2040. The number of fused-ring (bicyclic) bond motifs is 4. The lowest BCUT2D eigenvalue weighted by Gasteiger charge is -2.24. The standard InChI is InChI=1S/C40H31N/c1-40(2)36-17-9-8-14-30(36)34-24-28(19-21-37(34)40)38-31-15-6-7-16-32(31)39(29-13-10-22-41-25-29)33-20-18-27(23-35(33)38)26-11-4-3-5-12-26/h3-7,9-13,15-25H,8,14H2,1-2H3. The van der Waals surface area contributed by atoms with Gasteiger partial charge < -0.3 is 0 Å². The zero-order valence-corrected chi connectivity index (χ0v) is 23.5. The van der Waals surface area contributed by atoms with E-state index in [0.717, 1.165) is 18.4 Å². The molecule has 0 amide bonds. The second kappa shape index (κ2) is 9.14. The first-order valence-corrected chi connectivity index (χ1v) is 14.6. The Morgan fingerprint density at radius 2 is 1.32 bits per heavy atom. The van der Waals surface area contributed by atoms with Crippen molar-refractivity contribution in [2.75, 3.05) is 0 Å². The van der Waals surface area contributed by atoms with Gasteiger partial charge in [0.1, 0.15) is 0 Å². The van der Waals surface area contributed by atoms with Gasteiger partial charge in [-0.2, -0.15) is 0 Å². The zero-order chi connectivity index (χ0) is 27.6. The topological polar surface area (TPSA) is 12.9 Å². The molecule has 0 spiro atoms. The number of benzene rings is 5. The predicted molar refractivity (Wildman–Crippen MR) is 174 cm³/mol. The fraction of sp³-hybridized carbons (Fsp3) is 0.125. The molecule has 0 saturated heterocycles. The predicted octanol–water partition coefficient (Wildman–Crippen LogP) is 10.8. The van der Waals surface area contributed by atoms with E-state index in [4.69, 9.17) is 0 Å². The summed E-state index contributed by atoms with van der Waals surface area (Å²) in [6.07, 6.45) is 10.8. The molecule has 0 unspecified atom stereocenters. The largest absolute Gasteiger partial charge is 0.264 e. The first kappa shape index (κ1) is 24.1. The number of hydrogen-bond donors (Lipinski definition) is 0. The van der Waals surface area contributed by atoms with E-state index < -0.39 is 0 Å². The molecule has 196 valence electrons. The van der Waals surface area contributed by atoms with Crippen molar-refractivity contribution in [2.45, 2.75) is 32.1 Å². The quantitative estimate of drug-likeness (QED) is 0.209. The number of hydrogen-bond acceptors (Lipinski definition) is 1. The molecule has 0 saturated carbocycles. The van der Waals surface area contributed by atoms with E-state index in [-0.39, 0.29) is 5.41 Å². The minimum Gasteiger partial charge on any atom is -0.264 e. The van der Waals surface area contributed by atoms with E-state index in [1.54, 1.807) is 0 Å². The number of aromatic nitrogens is 1. The number of nitrogens with zero attached hydrogens (tertiary/aromatic N) is 1. The summed E-state index contributed by atoms with van der Waals surface area (Å²) in [5.74, 6) is 0. The molecule has 1 aromatic heterocycles. The van der Waals surface area contributed by atoms with Crippen molar-refractivity contribution in [3.8, 4) is 33.4 Å². The van der Waals surface area contributed by atoms with Gasteiger partial charge >= 0.3 is 0 Å². The van der Waals surface area contributed by atoms with Gasteiger partial charge in [0, 0.05) is 23.4 Å². The average molecular weight is 526 g/mol. The van der Waals surface area contributed by atoms with Crippen LogP contribution in [0.3, 0.4) is 0 Å². The van der Waals surface area contributed by atoms with Crippen molar-refractivity contribution < 1.29 is 0 Å². The highest BCUT2D eigenvalue weighted by molar-refractivity contribution is 6.22. The van der Waals surface area contributed by atoms with Crippen LogP contribution in [0.15, 0.2) is 133 Å². The Kier molecular flexibility index (Phi) is 5.37. The summed E-state index contributed by atoms with van der Waals surface area (Å²) in [5.41, 5.74) is 13.4. The van der Waals surface area contributed by atoms with Crippen LogP contribution in [0.1, 0.15) is 37.8 Å². The third-order valence-corrected chi connectivity index (χ3v) is 9.23. The Hall–Kier alpha value is -4.75. The van der Waals surface area contributed by atoms with E-state index in [9.17, 15) is 0 Å². The van der Waals surface area contributed by atoms with Crippen LogP contribution in [-0.4, -0.2) is 4.98 Å². The summed E-state index contributed by atoms with van der Waals surface area (Å²) < 4.78 is 0. The van der Waals surface area contributed by atoms with Gasteiger partial charge in [0.2, 0.25) is 0 Å². The highest BCUT2D eigenvalue weighted by Gasteiger charge is 2.37. The van der Waals surface area contributed by atoms with Crippen LogP contribution >= 0.6 is 0 Å². The second-order valence-corrected chi connectivity index (χ2v) is 11.9. The summed E-state index contributed by atoms with van der Waals surface area (Å²) in [6.45, 7) is 4.76. The third kappa shape index (κ3) is 3.66. The van der Waals surface area contributed by atoms with Crippen molar-refractivity contribution in [3.05, 3.63) is 144 Å². The van der Waals surface area contributed by atoms with Gasteiger partial charge in [-0.3, -0.25) is 4.98 Å². The van der Waals surface area contributed by atoms with Crippen LogP contribution < -0.4 is 0 Å². The number of rotatable bonds is 3. The van der Waals surface area contributed by atoms with Crippen molar-refractivity contribution in [3.63, 3.8) is 0 Å². The highest BCUT2D eigenvalue weighted by Crippen LogP contribution is 2.52. The zero-order valence-electron chi connectivity index (χ0n) is 23.5. The minimum absolute atomic E-state index is 0.0366. The number of allylic oxidation sites excluding steroid dienone is 4. The summed E-state index contributed by atoms with van der Waals surface area (Å²) >= 11 is 0. The van der Waals surface area contributed by atoms with Crippen LogP contribution in [0.2, 0.25) is 0 Å². The molecule has 0 N–H and O–H groups in total. The van der Waals surface area contributed by atoms with E-state index in [2.05, 4.69) is 128 Å². The van der Waals surface area contributed by atoms with Crippen LogP contribution in [0.25, 0.3) is 60.5 Å². The maximum absolute atomic E-state index is 4.50. The van der Waals surface area contributed by atoms with Gasteiger partial charge in [0.05, 0.1) is 0 Å². The van der Waals surface area contributed by atoms with Gasteiger partial charge in [-0.25, -0.2) is 0 Å². The van der Waals surface area contributed by atoms with E-state index in [1.807, 2.05) is 18.5 Å². The summed E-state index contributed by atoms with van der Waals surface area (Å²) in [4.78, 5) is 4.50. The van der Waals surface area contributed by atoms with E-state index >= 15 is 0 Å². The molecular weight excluding hydrogens is 494 g/mol. The van der Waals surface area contributed by atoms with Gasteiger partial charge in [-0.05, 0) is 103 Å². The Morgan fingerprint density at radius 1 is 0.610 bits per heavy atom. The fourth-order valence-corrected chi connectivity index (χ4v) is 7.29. The molecule has 0 radical (unpaired) electrons. The lowest BCUT2D eigenvalue weighted by Crippen LogP contribution is -2.16. The molecule has 1 heteroatoms. The second-order valence-electron chi connectivity index (χ2n) is 11.9. The lowest BCUT2D eigenvalue weighted by atomic mass is 9.79. The molecule has 41 heavy (non-hydrogen) atoms. The van der Waals surface area contributed by atoms with Crippen LogP contribution in [-0.2, 0) is 5.41 Å². The van der Waals surface area contributed by atoms with Gasteiger partial charge in [0.15, 0.2) is 0 Å². The number of pyridine rings is 1. The van der Waals surface area contributed by atoms with Crippen LogP contribution in [0, 0.1) is 0 Å². The minimum atomic E-state index is 0.0366. The molecule has 5 aromatic carbocycles. The molecule has 6 aromatic rings. The molecule has 2 aliphatic carbocycles. The van der Waals surface area contributed by atoms with Crippen LogP contribution in [0.5, 0.6) is 0 Å². The maximum Gasteiger partial charge on any atom is 0.0346 e. The molecule has 2 aliphatic rings. The maximum atomic E-state index is 4.50.